The van der Waals surface area contributed by atoms with Gasteiger partial charge in [0.1, 0.15) is 0 Å². The van der Waals surface area contributed by atoms with Crippen molar-refractivity contribution in [1.29, 1.82) is 0 Å². The van der Waals surface area contributed by atoms with E-state index in [9.17, 15) is 4.79 Å². The molecule has 4 heteroatoms. The molecule has 2 aliphatic rings. The number of hydrogen-bond donors (Lipinski definition) is 2. The summed E-state index contributed by atoms with van der Waals surface area (Å²) in [6.45, 7) is 1.58. The maximum Gasteiger partial charge on any atom is 0.223 e. The van der Waals surface area contributed by atoms with Gasteiger partial charge in [0.15, 0.2) is 0 Å². The van der Waals surface area contributed by atoms with Gasteiger partial charge >= 0.3 is 0 Å². The molecule has 4 nitrogen and oxygen atoms in total. The molecule has 1 aliphatic heterocycles. The smallest absolute Gasteiger partial charge is 0.223 e. The zero-order chi connectivity index (χ0) is 12.1. The fourth-order valence-corrected chi connectivity index (χ4v) is 2.81. The van der Waals surface area contributed by atoms with Gasteiger partial charge in [0, 0.05) is 31.2 Å². The minimum Gasteiger partial charge on any atom is -0.381 e. The van der Waals surface area contributed by atoms with Crippen molar-refractivity contribution in [2.75, 3.05) is 20.3 Å². The summed E-state index contributed by atoms with van der Waals surface area (Å²) in [4.78, 5) is 12.1. The first-order valence-corrected chi connectivity index (χ1v) is 6.85. The third-order valence-electron chi connectivity index (χ3n) is 4.07. The van der Waals surface area contributed by atoms with Gasteiger partial charge < -0.3 is 15.4 Å². The van der Waals surface area contributed by atoms with Crippen LogP contribution in [0.25, 0.3) is 0 Å². The predicted molar refractivity (Wildman–Crippen MR) is 66.8 cm³/mol. The van der Waals surface area contributed by atoms with Crippen molar-refractivity contribution in [3.8, 4) is 0 Å². The molecule has 1 aliphatic carbocycles. The first-order chi connectivity index (χ1) is 8.29. The zero-order valence-electron chi connectivity index (χ0n) is 10.7. The Bertz CT molecular complexity index is 244. The Labute approximate surface area is 103 Å². The normalized spacial score (nSPS) is 31.1. The Morgan fingerprint density at radius 3 is 2.24 bits per heavy atom. The Morgan fingerprint density at radius 2 is 1.65 bits per heavy atom. The van der Waals surface area contributed by atoms with Crippen LogP contribution in [0.2, 0.25) is 0 Å². The van der Waals surface area contributed by atoms with E-state index in [1.807, 2.05) is 7.05 Å². The second-order valence-corrected chi connectivity index (χ2v) is 5.23. The molecule has 1 amide bonds. The lowest BCUT2D eigenvalue weighted by molar-refractivity contribution is -0.127. The number of hydrogen-bond acceptors (Lipinski definition) is 3. The molecule has 0 atom stereocenters. The van der Waals surface area contributed by atoms with Crippen molar-refractivity contribution in [3.05, 3.63) is 0 Å². The second-order valence-electron chi connectivity index (χ2n) is 5.23. The van der Waals surface area contributed by atoms with Crippen LogP contribution in [0, 0.1) is 5.92 Å². The number of carbonyl (C=O) groups excluding carboxylic acids is 1. The Hall–Kier alpha value is -0.610. The van der Waals surface area contributed by atoms with E-state index in [-0.39, 0.29) is 11.8 Å². The Balaban J connectivity index is 1.72. The molecule has 0 radical (unpaired) electrons. The molecule has 0 aromatic carbocycles. The summed E-state index contributed by atoms with van der Waals surface area (Å²) in [6.07, 6.45) is 6.25. The van der Waals surface area contributed by atoms with Gasteiger partial charge in [-0.1, -0.05) is 0 Å². The Kier molecular flexibility index (Phi) is 4.80. The van der Waals surface area contributed by atoms with Crippen molar-refractivity contribution in [1.82, 2.24) is 10.6 Å². The highest BCUT2D eigenvalue weighted by Gasteiger charge is 2.27. The molecule has 0 aromatic heterocycles. The molecule has 0 unspecified atom stereocenters. The van der Waals surface area contributed by atoms with Crippen molar-refractivity contribution < 1.29 is 9.53 Å². The van der Waals surface area contributed by atoms with Gasteiger partial charge in [-0.25, -0.2) is 0 Å². The van der Waals surface area contributed by atoms with Crippen LogP contribution in [0.3, 0.4) is 0 Å². The largest absolute Gasteiger partial charge is 0.381 e. The molecule has 0 spiro atoms. The van der Waals surface area contributed by atoms with Gasteiger partial charge in [0.05, 0.1) is 0 Å². The zero-order valence-corrected chi connectivity index (χ0v) is 10.7. The first-order valence-electron chi connectivity index (χ1n) is 6.85. The van der Waals surface area contributed by atoms with E-state index in [0.29, 0.717) is 12.1 Å². The van der Waals surface area contributed by atoms with Crippen LogP contribution < -0.4 is 10.6 Å². The number of nitrogens with one attached hydrogen (secondary N) is 2. The molecule has 2 rings (SSSR count). The summed E-state index contributed by atoms with van der Waals surface area (Å²) < 4.78 is 5.30. The quantitative estimate of drug-likeness (QED) is 0.775. The third kappa shape index (κ3) is 3.68. The third-order valence-corrected chi connectivity index (χ3v) is 4.07. The van der Waals surface area contributed by atoms with Crippen LogP contribution in [0.15, 0.2) is 0 Å². The molecule has 0 aromatic rings. The van der Waals surface area contributed by atoms with E-state index >= 15 is 0 Å². The summed E-state index contributed by atoms with van der Waals surface area (Å²) in [5.74, 6) is 0.508. The standard InChI is InChI=1S/C13H24N2O2/c1-14-11-4-2-10(3-5-11)13(16)15-12-6-8-17-9-7-12/h10-12,14H,2-9H2,1H3,(H,15,16). The molecule has 98 valence electrons. The molecule has 1 saturated carbocycles. The first kappa shape index (κ1) is 12.8. The number of amides is 1. The van der Waals surface area contributed by atoms with Crippen LogP contribution in [-0.4, -0.2) is 38.3 Å². The summed E-state index contributed by atoms with van der Waals surface area (Å²) in [6, 6.07) is 0.959. The predicted octanol–water partition coefficient (Wildman–Crippen LogP) is 1.06. The van der Waals surface area contributed by atoms with Crippen LogP contribution in [0.1, 0.15) is 38.5 Å². The van der Waals surface area contributed by atoms with E-state index in [1.54, 1.807) is 0 Å². The average Bonchev–Trinajstić information content (AvgIpc) is 2.40. The topological polar surface area (TPSA) is 50.4 Å². The van der Waals surface area contributed by atoms with Crippen LogP contribution in [0.4, 0.5) is 0 Å². The summed E-state index contributed by atoms with van der Waals surface area (Å²) in [7, 11) is 2.01. The van der Waals surface area contributed by atoms with E-state index in [2.05, 4.69) is 10.6 Å². The minimum absolute atomic E-state index is 0.238. The molecule has 2 N–H and O–H groups in total. The summed E-state index contributed by atoms with van der Waals surface area (Å²) >= 11 is 0. The fraction of sp³-hybridized carbons (Fsp3) is 0.923. The molecular weight excluding hydrogens is 216 g/mol. The highest BCUT2D eigenvalue weighted by atomic mass is 16.5. The van der Waals surface area contributed by atoms with Crippen molar-refractivity contribution >= 4 is 5.91 Å². The summed E-state index contributed by atoms with van der Waals surface area (Å²) in [5.41, 5.74) is 0. The van der Waals surface area contributed by atoms with Crippen molar-refractivity contribution in [3.63, 3.8) is 0 Å². The average molecular weight is 240 g/mol. The van der Waals surface area contributed by atoms with Gasteiger partial charge in [-0.3, -0.25) is 4.79 Å². The molecule has 0 bridgehead atoms. The van der Waals surface area contributed by atoms with Gasteiger partial charge in [-0.2, -0.15) is 0 Å². The minimum atomic E-state index is 0.238. The number of rotatable bonds is 3. The van der Waals surface area contributed by atoms with Crippen LogP contribution in [0.5, 0.6) is 0 Å². The van der Waals surface area contributed by atoms with E-state index in [1.165, 1.54) is 0 Å². The molecule has 2 fully saturated rings. The number of ether oxygens (including phenoxy) is 1. The van der Waals surface area contributed by atoms with E-state index in [4.69, 9.17) is 4.74 Å². The number of carbonyl (C=O) groups is 1. The highest BCUT2D eigenvalue weighted by Crippen LogP contribution is 2.24. The Morgan fingerprint density at radius 1 is 1.00 bits per heavy atom. The second kappa shape index (κ2) is 6.36. The molecule has 17 heavy (non-hydrogen) atoms. The van der Waals surface area contributed by atoms with Gasteiger partial charge in [-0.15, -0.1) is 0 Å². The summed E-state index contributed by atoms with van der Waals surface area (Å²) in [5, 5.41) is 6.48. The lowest BCUT2D eigenvalue weighted by atomic mass is 9.85. The highest BCUT2D eigenvalue weighted by molar-refractivity contribution is 5.79. The monoisotopic (exact) mass is 240 g/mol. The maximum atomic E-state index is 12.1. The molecule has 1 heterocycles. The lowest BCUT2D eigenvalue weighted by Crippen LogP contribution is -2.43. The van der Waals surface area contributed by atoms with Crippen LogP contribution >= 0.6 is 0 Å². The lowest BCUT2D eigenvalue weighted by Gasteiger charge is -2.30. The maximum absolute atomic E-state index is 12.1. The molecular formula is C13H24N2O2. The molecule has 1 saturated heterocycles. The van der Waals surface area contributed by atoms with Crippen molar-refractivity contribution in [2.45, 2.75) is 50.6 Å². The fourth-order valence-electron chi connectivity index (χ4n) is 2.81. The van der Waals surface area contributed by atoms with Gasteiger partial charge in [0.25, 0.3) is 0 Å². The van der Waals surface area contributed by atoms with Crippen LogP contribution in [-0.2, 0) is 9.53 Å². The van der Waals surface area contributed by atoms with Crippen molar-refractivity contribution in [2.24, 2.45) is 5.92 Å². The van der Waals surface area contributed by atoms with E-state index < -0.39 is 0 Å². The SMILES string of the molecule is CNC1CCC(C(=O)NC2CCOCC2)CC1. The van der Waals surface area contributed by atoms with Gasteiger partial charge in [-0.05, 0) is 45.6 Å². The van der Waals surface area contributed by atoms with E-state index in [0.717, 1.165) is 51.7 Å². The van der Waals surface area contributed by atoms with Gasteiger partial charge in [0.2, 0.25) is 5.91 Å².